The zero-order valence-corrected chi connectivity index (χ0v) is 11.2. The highest BCUT2D eigenvalue weighted by Crippen LogP contribution is 2.34. The Bertz CT molecular complexity index is 463. The van der Waals surface area contributed by atoms with Crippen molar-refractivity contribution < 1.29 is 29.3 Å². The number of nitro benzene ring substituents is 1. The van der Waals surface area contributed by atoms with E-state index >= 15 is 0 Å². The first-order valence-electron chi connectivity index (χ1n) is 5.79. The number of hydrogen-bond acceptors (Lipinski definition) is 7. The van der Waals surface area contributed by atoms with Gasteiger partial charge in [0.15, 0.2) is 11.5 Å². The van der Waals surface area contributed by atoms with Crippen molar-refractivity contribution in [3.63, 3.8) is 0 Å². The summed E-state index contributed by atoms with van der Waals surface area (Å²) in [6, 6.07) is 2.49. The Balaban J connectivity index is 2.99. The summed E-state index contributed by atoms with van der Waals surface area (Å²) in [5.74, 6) is 0.357. The van der Waals surface area contributed by atoms with Crippen molar-refractivity contribution in [3.8, 4) is 11.5 Å². The third-order valence-electron chi connectivity index (χ3n) is 2.52. The number of aliphatic hydroxyl groups excluding tert-OH is 2. The fourth-order valence-corrected chi connectivity index (χ4v) is 1.59. The Morgan fingerprint density at radius 3 is 2.50 bits per heavy atom. The Morgan fingerprint density at radius 1 is 1.30 bits per heavy atom. The van der Waals surface area contributed by atoms with Crippen LogP contribution >= 0.6 is 0 Å². The van der Waals surface area contributed by atoms with Gasteiger partial charge in [0.05, 0.1) is 36.9 Å². The van der Waals surface area contributed by atoms with E-state index in [0.717, 1.165) is 6.07 Å². The van der Waals surface area contributed by atoms with Crippen molar-refractivity contribution in [2.75, 3.05) is 27.4 Å². The minimum Gasteiger partial charge on any atom is -0.493 e. The zero-order valence-electron chi connectivity index (χ0n) is 11.2. The second-order valence-electron chi connectivity index (χ2n) is 3.97. The highest BCUT2D eigenvalue weighted by Gasteiger charge is 2.19. The minimum absolute atomic E-state index is 0.0825. The number of nitrogens with zero attached hydrogens (tertiary/aromatic N) is 1. The normalized spacial score (nSPS) is 12.0. The summed E-state index contributed by atoms with van der Waals surface area (Å²) >= 11 is 0. The van der Waals surface area contributed by atoms with Crippen LogP contribution in [0.25, 0.3) is 0 Å². The molecular weight excluding hydrogens is 270 g/mol. The lowest BCUT2D eigenvalue weighted by molar-refractivity contribution is -0.386. The molecule has 112 valence electrons. The van der Waals surface area contributed by atoms with Crippen LogP contribution in [-0.2, 0) is 11.3 Å². The molecule has 0 spiro atoms. The lowest BCUT2D eigenvalue weighted by atomic mass is 10.1. The molecule has 0 bridgehead atoms. The van der Waals surface area contributed by atoms with Gasteiger partial charge in [0, 0.05) is 7.11 Å². The molecule has 0 saturated carbocycles. The summed E-state index contributed by atoms with van der Waals surface area (Å²) in [6.45, 7) is -0.502. The molecule has 1 aromatic rings. The molecule has 2 N–H and O–H groups in total. The van der Waals surface area contributed by atoms with Gasteiger partial charge >= 0.3 is 0 Å². The number of methoxy groups -OCH3 is 2. The molecule has 0 amide bonds. The number of ether oxygens (including phenoxy) is 3. The van der Waals surface area contributed by atoms with Crippen molar-refractivity contribution >= 4 is 5.69 Å². The second kappa shape index (κ2) is 7.63. The molecule has 0 aliphatic rings. The summed E-state index contributed by atoms with van der Waals surface area (Å²) < 4.78 is 15.1. The van der Waals surface area contributed by atoms with E-state index in [2.05, 4.69) is 0 Å². The summed E-state index contributed by atoms with van der Waals surface area (Å²) in [4.78, 5) is 10.3. The SMILES string of the molecule is COCC(O)COc1cc([N+](=O)[O-])c(CO)cc1OC. The van der Waals surface area contributed by atoms with Crippen molar-refractivity contribution in [2.45, 2.75) is 12.7 Å². The fourth-order valence-electron chi connectivity index (χ4n) is 1.59. The summed E-state index contributed by atoms with van der Waals surface area (Å²) in [5, 5.41) is 29.5. The Morgan fingerprint density at radius 2 is 2.00 bits per heavy atom. The van der Waals surface area contributed by atoms with Crippen LogP contribution in [0.3, 0.4) is 0 Å². The lowest BCUT2D eigenvalue weighted by Gasteiger charge is -2.14. The first-order chi connectivity index (χ1) is 9.53. The van der Waals surface area contributed by atoms with E-state index < -0.39 is 17.6 Å². The summed E-state index contributed by atoms with van der Waals surface area (Å²) in [6.07, 6.45) is -0.860. The first-order valence-corrected chi connectivity index (χ1v) is 5.79. The highest BCUT2D eigenvalue weighted by molar-refractivity contribution is 5.54. The Kier molecular flexibility index (Phi) is 6.16. The number of nitro groups is 1. The number of aliphatic hydroxyl groups is 2. The first kappa shape index (κ1) is 16.2. The van der Waals surface area contributed by atoms with E-state index in [-0.39, 0.29) is 36.0 Å². The molecule has 0 fully saturated rings. The molecule has 1 atom stereocenters. The largest absolute Gasteiger partial charge is 0.493 e. The molecule has 0 aromatic heterocycles. The maximum absolute atomic E-state index is 10.9. The van der Waals surface area contributed by atoms with Crippen molar-refractivity contribution in [1.82, 2.24) is 0 Å². The Labute approximate surface area is 115 Å². The third-order valence-corrected chi connectivity index (χ3v) is 2.52. The summed E-state index contributed by atoms with van der Waals surface area (Å²) in [7, 11) is 2.81. The van der Waals surface area contributed by atoms with Crippen LogP contribution < -0.4 is 9.47 Å². The predicted molar refractivity (Wildman–Crippen MR) is 68.9 cm³/mol. The summed E-state index contributed by atoms with van der Waals surface area (Å²) in [5.41, 5.74) is -0.152. The molecule has 1 aromatic carbocycles. The quantitative estimate of drug-likeness (QED) is 0.528. The van der Waals surface area contributed by atoms with E-state index in [1.54, 1.807) is 0 Å². The second-order valence-corrected chi connectivity index (χ2v) is 3.97. The monoisotopic (exact) mass is 287 g/mol. The molecule has 20 heavy (non-hydrogen) atoms. The van der Waals surface area contributed by atoms with Gasteiger partial charge in [-0.05, 0) is 6.07 Å². The van der Waals surface area contributed by atoms with Gasteiger partial charge in [0.25, 0.3) is 5.69 Å². The number of benzene rings is 1. The number of hydrogen-bond donors (Lipinski definition) is 2. The van der Waals surface area contributed by atoms with Crippen LogP contribution in [0.4, 0.5) is 5.69 Å². The van der Waals surface area contributed by atoms with Gasteiger partial charge in [-0.1, -0.05) is 0 Å². The zero-order chi connectivity index (χ0) is 15.1. The van der Waals surface area contributed by atoms with Gasteiger partial charge in [-0.15, -0.1) is 0 Å². The van der Waals surface area contributed by atoms with E-state index in [1.165, 1.54) is 20.3 Å². The molecule has 0 heterocycles. The molecular formula is C12H17NO7. The van der Waals surface area contributed by atoms with Gasteiger partial charge in [-0.2, -0.15) is 0 Å². The minimum atomic E-state index is -0.860. The van der Waals surface area contributed by atoms with Crippen LogP contribution in [0, 0.1) is 10.1 Å². The van der Waals surface area contributed by atoms with E-state index in [1.807, 2.05) is 0 Å². The molecule has 0 aliphatic carbocycles. The molecule has 1 rings (SSSR count). The Hall–Kier alpha value is -1.90. The molecule has 0 radical (unpaired) electrons. The third kappa shape index (κ3) is 4.05. The molecule has 0 aliphatic heterocycles. The predicted octanol–water partition coefficient (Wildman–Crippen LogP) is 0.482. The maximum Gasteiger partial charge on any atom is 0.278 e. The molecule has 8 nitrogen and oxygen atoms in total. The van der Waals surface area contributed by atoms with Crippen LogP contribution in [0.15, 0.2) is 12.1 Å². The average Bonchev–Trinajstić information content (AvgIpc) is 2.44. The van der Waals surface area contributed by atoms with Crippen LogP contribution in [-0.4, -0.2) is 48.7 Å². The van der Waals surface area contributed by atoms with Crippen molar-refractivity contribution in [3.05, 3.63) is 27.8 Å². The fraction of sp³-hybridized carbons (Fsp3) is 0.500. The average molecular weight is 287 g/mol. The van der Waals surface area contributed by atoms with Gasteiger partial charge in [0.2, 0.25) is 0 Å². The van der Waals surface area contributed by atoms with Gasteiger partial charge < -0.3 is 24.4 Å². The smallest absolute Gasteiger partial charge is 0.278 e. The van der Waals surface area contributed by atoms with Crippen LogP contribution in [0.2, 0.25) is 0 Å². The highest BCUT2D eigenvalue weighted by atomic mass is 16.6. The van der Waals surface area contributed by atoms with Crippen LogP contribution in [0.1, 0.15) is 5.56 Å². The standard InChI is InChI=1S/C12H17NO7/c1-18-6-9(15)7-20-12-4-10(13(16)17)8(5-14)3-11(12)19-2/h3-4,9,14-15H,5-7H2,1-2H3. The molecule has 0 saturated heterocycles. The van der Waals surface area contributed by atoms with E-state index in [0.29, 0.717) is 0 Å². The number of rotatable bonds is 8. The van der Waals surface area contributed by atoms with Crippen molar-refractivity contribution in [1.29, 1.82) is 0 Å². The van der Waals surface area contributed by atoms with Gasteiger partial charge in [0.1, 0.15) is 12.7 Å². The van der Waals surface area contributed by atoms with Gasteiger partial charge in [-0.3, -0.25) is 10.1 Å². The maximum atomic E-state index is 10.9. The topological polar surface area (TPSA) is 111 Å². The van der Waals surface area contributed by atoms with E-state index in [4.69, 9.17) is 19.3 Å². The van der Waals surface area contributed by atoms with Gasteiger partial charge in [-0.25, -0.2) is 0 Å². The molecule has 1 unspecified atom stereocenters. The molecule has 8 heteroatoms. The van der Waals surface area contributed by atoms with Crippen LogP contribution in [0.5, 0.6) is 11.5 Å². The van der Waals surface area contributed by atoms with E-state index in [9.17, 15) is 15.2 Å². The lowest BCUT2D eigenvalue weighted by Crippen LogP contribution is -2.22. The van der Waals surface area contributed by atoms with Crippen molar-refractivity contribution in [2.24, 2.45) is 0 Å².